The molecule has 0 aliphatic carbocycles. The third kappa shape index (κ3) is 4.22. The van der Waals surface area contributed by atoms with E-state index in [1.807, 2.05) is 85.0 Å². The van der Waals surface area contributed by atoms with Crippen LogP contribution in [0.15, 0.2) is 88.3 Å². The Kier molecular flexibility index (Phi) is 5.86. The molecule has 4 rings (SSSR count). The summed E-state index contributed by atoms with van der Waals surface area (Å²) in [5, 5.41) is 4.71. The van der Waals surface area contributed by atoms with Gasteiger partial charge in [0, 0.05) is 12.6 Å². The third-order valence-electron chi connectivity index (χ3n) is 5.37. The van der Waals surface area contributed by atoms with Crippen molar-refractivity contribution in [2.75, 3.05) is 11.9 Å². The number of amides is 1. The van der Waals surface area contributed by atoms with Crippen molar-refractivity contribution in [1.29, 1.82) is 0 Å². The van der Waals surface area contributed by atoms with Crippen LogP contribution in [0.5, 0.6) is 0 Å². The van der Waals surface area contributed by atoms with Gasteiger partial charge in [-0.25, -0.2) is 4.68 Å². The molecular weight excluding hydrogens is 392 g/mol. The quantitative estimate of drug-likeness (QED) is 0.484. The van der Waals surface area contributed by atoms with E-state index in [0.29, 0.717) is 11.4 Å². The van der Waals surface area contributed by atoms with Crippen LogP contribution in [0.2, 0.25) is 0 Å². The summed E-state index contributed by atoms with van der Waals surface area (Å²) < 4.78 is 8.88. The number of rotatable bonds is 7. The van der Waals surface area contributed by atoms with Crippen LogP contribution in [0.4, 0.5) is 5.69 Å². The molecule has 158 valence electrons. The van der Waals surface area contributed by atoms with E-state index in [0.717, 1.165) is 17.0 Å². The normalized spacial score (nSPS) is 11.9. The average Bonchev–Trinajstić information content (AvgIpc) is 3.39. The Bertz CT molecular complexity index is 1210. The van der Waals surface area contributed by atoms with Gasteiger partial charge in [-0.15, -0.1) is 0 Å². The number of aromatic nitrogens is 2. The summed E-state index contributed by atoms with van der Waals surface area (Å²) in [6.07, 6.45) is 1.62. The smallest absolute Gasteiger partial charge is 0.295 e. The maximum Gasteiger partial charge on any atom is 0.295 e. The van der Waals surface area contributed by atoms with Crippen LogP contribution in [0.25, 0.3) is 5.69 Å². The van der Waals surface area contributed by atoms with Gasteiger partial charge in [-0.2, -0.15) is 0 Å². The van der Waals surface area contributed by atoms with E-state index < -0.39 is 0 Å². The fraction of sp³-hybridized carbons (Fsp3) is 0.167. The molecule has 1 amide bonds. The Balaban J connectivity index is 1.52. The van der Waals surface area contributed by atoms with Gasteiger partial charge >= 0.3 is 0 Å². The molecule has 2 heterocycles. The molecule has 0 radical (unpaired) electrons. The molecule has 0 unspecified atom stereocenters. The number of para-hydroxylation sites is 1. The highest BCUT2D eigenvalue weighted by molar-refractivity contribution is 5.91. The standard InChI is InChI=1S/C24H24N4O3/c1-17-22(24(30)28(27(17)2)19-12-7-4-8-13-19)26-21(29)16-25-23(20-14-9-15-31-20)18-10-5-3-6-11-18/h3-15,23,25H,16H2,1-2H3,(H,26,29)/p+1/t23-/m0/s1. The maximum absolute atomic E-state index is 13.0. The Labute approximate surface area is 179 Å². The zero-order chi connectivity index (χ0) is 21.8. The predicted molar refractivity (Wildman–Crippen MR) is 118 cm³/mol. The summed E-state index contributed by atoms with van der Waals surface area (Å²) in [6.45, 7) is 1.95. The Morgan fingerprint density at radius 3 is 2.35 bits per heavy atom. The molecule has 0 aliphatic rings. The van der Waals surface area contributed by atoms with Crippen LogP contribution in [-0.4, -0.2) is 21.8 Å². The van der Waals surface area contributed by atoms with Crippen LogP contribution in [0.1, 0.15) is 23.1 Å². The number of nitrogens with zero attached hydrogens (tertiary/aromatic N) is 2. The summed E-state index contributed by atoms with van der Waals surface area (Å²) in [7, 11) is 1.80. The first-order valence-corrected chi connectivity index (χ1v) is 10.1. The van der Waals surface area contributed by atoms with Gasteiger partial charge in [0.25, 0.3) is 11.5 Å². The van der Waals surface area contributed by atoms with Crippen molar-refractivity contribution in [3.05, 3.63) is 106 Å². The lowest BCUT2D eigenvalue weighted by atomic mass is 10.0. The minimum Gasteiger partial charge on any atom is -0.463 e. The van der Waals surface area contributed by atoms with Gasteiger partial charge in [0.15, 0.2) is 18.3 Å². The van der Waals surface area contributed by atoms with E-state index in [-0.39, 0.29) is 24.1 Å². The zero-order valence-electron chi connectivity index (χ0n) is 17.5. The van der Waals surface area contributed by atoms with Gasteiger partial charge in [0.05, 0.1) is 17.6 Å². The molecular formula is C24H25N4O3+. The highest BCUT2D eigenvalue weighted by Crippen LogP contribution is 2.18. The van der Waals surface area contributed by atoms with Crippen molar-refractivity contribution in [3.63, 3.8) is 0 Å². The molecule has 2 aromatic carbocycles. The van der Waals surface area contributed by atoms with Crippen molar-refractivity contribution < 1.29 is 14.5 Å². The highest BCUT2D eigenvalue weighted by atomic mass is 16.3. The lowest BCUT2D eigenvalue weighted by Crippen LogP contribution is -2.87. The van der Waals surface area contributed by atoms with Crippen molar-refractivity contribution in [2.45, 2.75) is 13.0 Å². The van der Waals surface area contributed by atoms with Crippen LogP contribution >= 0.6 is 0 Å². The van der Waals surface area contributed by atoms with E-state index in [9.17, 15) is 9.59 Å². The number of nitrogens with one attached hydrogen (secondary N) is 1. The lowest BCUT2D eigenvalue weighted by molar-refractivity contribution is -0.678. The third-order valence-corrected chi connectivity index (χ3v) is 5.37. The number of anilines is 1. The number of carbonyl (C=O) groups is 1. The second kappa shape index (κ2) is 8.89. The van der Waals surface area contributed by atoms with E-state index in [2.05, 4.69) is 5.32 Å². The molecule has 0 spiro atoms. The number of nitrogens with two attached hydrogens (primary N) is 1. The molecule has 1 atom stereocenters. The molecule has 7 nitrogen and oxygen atoms in total. The lowest BCUT2D eigenvalue weighted by Gasteiger charge is -2.13. The van der Waals surface area contributed by atoms with Crippen molar-refractivity contribution in [3.8, 4) is 5.69 Å². The largest absolute Gasteiger partial charge is 0.463 e. The number of quaternary nitrogens is 1. The first kappa shape index (κ1) is 20.4. The number of furan rings is 1. The highest BCUT2D eigenvalue weighted by Gasteiger charge is 2.23. The molecule has 0 aliphatic heterocycles. The van der Waals surface area contributed by atoms with Gasteiger partial charge in [0.1, 0.15) is 5.69 Å². The van der Waals surface area contributed by atoms with Gasteiger partial charge in [-0.05, 0) is 31.2 Å². The monoisotopic (exact) mass is 417 g/mol. The van der Waals surface area contributed by atoms with Gasteiger partial charge in [-0.3, -0.25) is 14.3 Å². The fourth-order valence-electron chi connectivity index (χ4n) is 3.67. The predicted octanol–water partition coefficient (Wildman–Crippen LogP) is 2.37. The zero-order valence-corrected chi connectivity index (χ0v) is 17.5. The first-order valence-electron chi connectivity index (χ1n) is 10.1. The summed E-state index contributed by atoms with van der Waals surface area (Å²) in [6, 6.07) is 22.8. The summed E-state index contributed by atoms with van der Waals surface area (Å²) >= 11 is 0. The number of carbonyl (C=O) groups excluding carboxylic acids is 1. The second-order valence-electron chi connectivity index (χ2n) is 7.33. The first-order chi connectivity index (χ1) is 15.1. The fourth-order valence-corrected chi connectivity index (χ4v) is 3.67. The Morgan fingerprint density at radius 2 is 1.71 bits per heavy atom. The SMILES string of the molecule is Cc1c(NC(=O)C[NH2+][C@@H](c2ccccc2)c2ccco2)c(=O)n(-c2ccccc2)n1C. The number of hydrogen-bond donors (Lipinski definition) is 2. The average molecular weight is 417 g/mol. The summed E-state index contributed by atoms with van der Waals surface area (Å²) in [4.78, 5) is 25.7. The van der Waals surface area contributed by atoms with E-state index in [1.54, 1.807) is 22.7 Å². The molecule has 0 saturated heterocycles. The maximum atomic E-state index is 13.0. The minimum atomic E-state index is -0.259. The van der Waals surface area contributed by atoms with E-state index >= 15 is 0 Å². The Morgan fingerprint density at radius 1 is 1.03 bits per heavy atom. The number of hydrogen-bond acceptors (Lipinski definition) is 3. The van der Waals surface area contributed by atoms with E-state index in [4.69, 9.17) is 4.42 Å². The van der Waals surface area contributed by atoms with Crippen molar-refractivity contribution in [1.82, 2.24) is 9.36 Å². The minimum absolute atomic E-state index is 0.138. The summed E-state index contributed by atoms with van der Waals surface area (Å²) in [5.41, 5.74) is 2.50. The molecule has 7 heteroatoms. The molecule has 31 heavy (non-hydrogen) atoms. The van der Waals surface area contributed by atoms with E-state index in [1.165, 1.54) is 0 Å². The number of benzene rings is 2. The van der Waals surface area contributed by atoms with Crippen molar-refractivity contribution in [2.24, 2.45) is 7.05 Å². The molecule has 0 saturated carbocycles. The van der Waals surface area contributed by atoms with Crippen LogP contribution in [-0.2, 0) is 11.8 Å². The Hall–Kier alpha value is -3.84. The molecule has 4 aromatic rings. The van der Waals surface area contributed by atoms with Gasteiger partial charge in [-0.1, -0.05) is 48.5 Å². The molecule has 0 fully saturated rings. The molecule has 3 N–H and O–H groups in total. The summed E-state index contributed by atoms with van der Waals surface area (Å²) in [5.74, 6) is 0.514. The van der Waals surface area contributed by atoms with Crippen LogP contribution < -0.4 is 16.2 Å². The topological polar surface area (TPSA) is 85.8 Å². The van der Waals surface area contributed by atoms with Crippen LogP contribution in [0, 0.1) is 6.92 Å². The molecule has 0 bridgehead atoms. The van der Waals surface area contributed by atoms with Gasteiger partial charge in [0.2, 0.25) is 0 Å². The molecule has 2 aromatic heterocycles. The van der Waals surface area contributed by atoms with Gasteiger partial charge < -0.3 is 15.1 Å². The second-order valence-corrected chi connectivity index (χ2v) is 7.33. The van der Waals surface area contributed by atoms with Crippen molar-refractivity contribution >= 4 is 11.6 Å². The van der Waals surface area contributed by atoms with Crippen LogP contribution in [0.3, 0.4) is 0 Å².